The lowest BCUT2D eigenvalue weighted by molar-refractivity contribution is 0.446. The Labute approximate surface area is 110 Å². The molecular weight excluding hydrogens is 250 g/mol. The Morgan fingerprint density at radius 2 is 2.11 bits per heavy atom. The Bertz CT molecular complexity index is 533. The highest BCUT2D eigenvalue weighted by atomic mass is 35.5. The van der Waals surface area contributed by atoms with Gasteiger partial charge in [-0.1, -0.05) is 11.6 Å². The molecule has 18 heavy (non-hydrogen) atoms. The van der Waals surface area contributed by atoms with Crippen LogP contribution in [0.5, 0.6) is 0 Å². The third kappa shape index (κ3) is 2.37. The molecule has 0 spiro atoms. The number of rotatable bonds is 2. The van der Waals surface area contributed by atoms with Crippen LogP contribution < -0.4 is 5.32 Å². The Morgan fingerprint density at radius 3 is 2.89 bits per heavy atom. The smallest absolute Gasteiger partial charge is 0.199 e. The van der Waals surface area contributed by atoms with Crippen LogP contribution in [-0.2, 0) is 0 Å². The van der Waals surface area contributed by atoms with E-state index in [1.807, 2.05) is 0 Å². The van der Waals surface area contributed by atoms with E-state index in [2.05, 4.69) is 25.5 Å². The average molecular weight is 264 g/mol. The van der Waals surface area contributed by atoms with Crippen LogP contribution >= 0.6 is 11.6 Å². The summed E-state index contributed by atoms with van der Waals surface area (Å²) in [5, 5.41) is 11.2. The number of halogens is 1. The summed E-state index contributed by atoms with van der Waals surface area (Å²) in [5.74, 6) is 2.03. The minimum absolute atomic E-state index is 0.465. The average Bonchev–Trinajstić information content (AvgIpc) is 2.89. The lowest BCUT2D eigenvalue weighted by Crippen LogP contribution is -2.27. The molecule has 1 fully saturated rings. The maximum absolute atomic E-state index is 5.94. The summed E-state index contributed by atoms with van der Waals surface area (Å²) in [7, 11) is 0. The first-order valence-electron chi connectivity index (χ1n) is 6.08. The van der Waals surface area contributed by atoms with Gasteiger partial charge in [-0.2, -0.15) is 5.10 Å². The molecule has 3 heterocycles. The van der Waals surface area contributed by atoms with Gasteiger partial charge in [0.25, 0.3) is 0 Å². The van der Waals surface area contributed by atoms with Crippen LogP contribution in [0.3, 0.4) is 0 Å². The third-order valence-electron chi connectivity index (χ3n) is 3.18. The van der Waals surface area contributed by atoms with E-state index in [1.165, 1.54) is 0 Å². The van der Waals surface area contributed by atoms with Crippen molar-refractivity contribution in [2.24, 2.45) is 0 Å². The van der Waals surface area contributed by atoms with Gasteiger partial charge in [0.1, 0.15) is 11.5 Å². The summed E-state index contributed by atoms with van der Waals surface area (Å²) in [5.41, 5.74) is 0.707. The Kier molecular flexibility index (Phi) is 3.25. The van der Waals surface area contributed by atoms with Crippen molar-refractivity contribution in [1.82, 2.24) is 25.5 Å². The maximum Gasteiger partial charge on any atom is 0.199 e. The SMILES string of the molecule is Clc1ccnc(-c2n[nH]c(C3CCNCC3)n2)c1. The van der Waals surface area contributed by atoms with Crippen LogP contribution in [0.1, 0.15) is 24.6 Å². The van der Waals surface area contributed by atoms with Gasteiger partial charge in [-0.15, -0.1) is 0 Å². The van der Waals surface area contributed by atoms with Gasteiger partial charge in [-0.3, -0.25) is 10.1 Å². The van der Waals surface area contributed by atoms with Gasteiger partial charge >= 0.3 is 0 Å². The number of H-pyrrole nitrogens is 1. The quantitative estimate of drug-likeness (QED) is 0.870. The van der Waals surface area contributed by atoms with E-state index in [0.717, 1.165) is 31.8 Å². The van der Waals surface area contributed by atoms with Gasteiger partial charge in [-0.25, -0.2) is 4.98 Å². The van der Waals surface area contributed by atoms with Crippen LogP contribution in [0, 0.1) is 0 Å². The molecule has 0 aromatic carbocycles. The van der Waals surface area contributed by atoms with Crippen molar-refractivity contribution in [3.05, 3.63) is 29.2 Å². The largest absolute Gasteiger partial charge is 0.317 e. The van der Waals surface area contributed by atoms with Crippen LogP contribution in [0.25, 0.3) is 11.5 Å². The number of aromatic nitrogens is 4. The van der Waals surface area contributed by atoms with Crippen molar-refractivity contribution in [2.75, 3.05) is 13.1 Å². The lowest BCUT2D eigenvalue weighted by Gasteiger charge is -2.19. The fourth-order valence-corrected chi connectivity index (χ4v) is 2.35. The molecule has 2 aromatic rings. The molecule has 2 aromatic heterocycles. The van der Waals surface area contributed by atoms with E-state index in [4.69, 9.17) is 11.6 Å². The van der Waals surface area contributed by atoms with Crippen molar-refractivity contribution in [1.29, 1.82) is 0 Å². The summed E-state index contributed by atoms with van der Waals surface area (Å²) in [4.78, 5) is 8.76. The van der Waals surface area contributed by atoms with Gasteiger partial charge in [-0.05, 0) is 38.1 Å². The number of hydrogen-bond donors (Lipinski definition) is 2. The van der Waals surface area contributed by atoms with Crippen LogP contribution in [0.4, 0.5) is 0 Å². The normalized spacial score (nSPS) is 16.9. The molecule has 0 bridgehead atoms. The number of hydrogen-bond acceptors (Lipinski definition) is 4. The monoisotopic (exact) mass is 263 g/mol. The molecule has 1 aliphatic rings. The van der Waals surface area contributed by atoms with E-state index < -0.39 is 0 Å². The van der Waals surface area contributed by atoms with E-state index in [9.17, 15) is 0 Å². The molecule has 6 heteroatoms. The van der Waals surface area contributed by atoms with Crippen LogP contribution in [-0.4, -0.2) is 33.3 Å². The molecule has 3 rings (SSSR count). The molecule has 94 valence electrons. The first-order chi connectivity index (χ1) is 8.83. The zero-order valence-corrected chi connectivity index (χ0v) is 10.6. The molecular formula is C12H14ClN5. The first-order valence-corrected chi connectivity index (χ1v) is 6.45. The van der Waals surface area contributed by atoms with Gasteiger partial charge in [0.15, 0.2) is 5.82 Å². The van der Waals surface area contributed by atoms with Crippen LogP contribution in [0.15, 0.2) is 18.3 Å². The summed E-state index contributed by atoms with van der Waals surface area (Å²) in [6.07, 6.45) is 3.85. The molecule has 0 aliphatic carbocycles. The van der Waals surface area contributed by atoms with Gasteiger partial charge in [0.05, 0.1) is 0 Å². The molecule has 0 saturated carbocycles. The van der Waals surface area contributed by atoms with Crippen LogP contribution in [0.2, 0.25) is 5.02 Å². The standard InChI is InChI=1S/C12H14ClN5/c13-9-3-6-15-10(7-9)12-16-11(17-18-12)8-1-4-14-5-2-8/h3,6-8,14H,1-2,4-5H2,(H,16,17,18). The van der Waals surface area contributed by atoms with E-state index in [1.54, 1.807) is 18.3 Å². The summed E-state index contributed by atoms with van der Waals surface area (Å²) < 4.78 is 0. The van der Waals surface area contributed by atoms with Gasteiger partial charge in [0.2, 0.25) is 0 Å². The Balaban J connectivity index is 1.84. The topological polar surface area (TPSA) is 66.5 Å². The first kappa shape index (κ1) is 11.6. The summed E-state index contributed by atoms with van der Waals surface area (Å²) >= 11 is 5.94. The van der Waals surface area contributed by atoms with Crippen molar-refractivity contribution < 1.29 is 0 Å². The van der Waals surface area contributed by atoms with Gasteiger partial charge in [0, 0.05) is 17.1 Å². The number of piperidine rings is 1. The predicted molar refractivity (Wildman–Crippen MR) is 69.5 cm³/mol. The highest BCUT2D eigenvalue weighted by Gasteiger charge is 2.19. The highest BCUT2D eigenvalue weighted by molar-refractivity contribution is 6.30. The Morgan fingerprint density at radius 1 is 1.28 bits per heavy atom. The number of aromatic amines is 1. The molecule has 2 N–H and O–H groups in total. The molecule has 5 nitrogen and oxygen atoms in total. The molecule has 0 radical (unpaired) electrons. The van der Waals surface area contributed by atoms with E-state index in [-0.39, 0.29) is 0 Å². The molecule has 0 unspecified atom stereocenters. The van der Waals surface area contributed by atoms with E-state index >= 15 is 0 Å². The second-order valence-electron chi connectivity index (χ2n) is 4.43. The number of nitrogens with one attached hydrogen (secondary N) is 2. The maximum atomic E-state index is 5.94. The lowest BCUT2D eigenvalue weighted by atomic mass is 9.98. The predicted octanol–water partition coefficient (Wildman–Crippen LogP) is 1.99. The summed E-state index contributed by atoms with van der Waals surface area (Å²) in [6.45, 7) is 2.08. The second-order valence-corrected chi connectivity index (χ2v) is 4.86. The van der Waals surface area contributed by atoms with Crippen molar-refractivity contribution >= 4 is 11.6 Å². The van der Waals surface area contributed by atoms with Crippen molar-refractivity contribution in [2.45, 2.75) is 18.8 Å². The van der Waals surface area contributed by atoms with Crippen molar-refractivity contribution in [3.8, 4) is 11.5 Å². The molecule has 0 amide bonds. The Hall–Kier alpha value is -1.46. The molecule has 1 saturated heterocycles. The zero-order valence-electron chi connectivity index (χ0n) is 9.86. The van der Waals surface area contributed by atoms with Gasteiger partial charge < -0.3 is 5.32 Å². The fraction of sp³-hybridized carbons (Fsp3) is 0.417. The fourth-order valence-electron chi connectivity index (χ4n) is 2.19. The molecule has 1 aliphatic heterocycles. The third-order valence-corrected chi connectivity index (χ3v) is 3.41. The highest BCUT2D eigenvalue weighted by Crippen LogP contribution is 2.24. The second kappa shape index (κ2) is 5.04. The van der Waals surface area contributed by atoms with Crippen molar-refractivity contribution in [3.63, 3.8) is 0 Å². The minimum atomic E-state index is 0.465. The van der Waals surface area contributed by atoms with E-state index in [0.29, 0.717) is 22.5 Å². The molecule has 0 atom stereocenters. The number of pyridine rings is 1. The minimum Gasteiger partial charge on any atom is -0.317 e. The zero-order chi connectivity index (χ0) is 12.4. The number of nitrogens with zero attached hydrogens (tertiary/aromatic N) is 3. The summed E-state index contributed by atoms with van der Waals surface area (Å²) in [6, 6.07) is 3.52.